The molecule has 0 amide bonds. The summed E-state index contributed by atoms with van der Waals surface area (Å²) in [5.74, 6) is 0.907. The van der Waals surface area contributed by atoms with Crippen LogP contribution in [0, 0.1) is 10.1 Å². The Kier molecular flexibility index (Phi) is 4.80. The third-order valence-electron chi connectivity index (χ3n) is 2.86. The molecule has 1 atom stereocenters. The van der Waals surface area contributed by atoms with Crippen LogP contribution in [0.4, 0.5) is 11.6 Å². The molecule has 2 N–H and O–H groups in total. The van der Waals surface area contributed by atoms with E-state index in [0.29, 0.717) is 12.1 Å². The van der Waals surface area contributed by atoms with Gasteiger partial charge in [0.15, 0.2) is 0 Å². The van der Waals surface area contributed by atoms with Crippen LogP contribution in [0.2, 0.25) is 0 Å². The number of aliphatic hydroxyl groups is 1. The highest BCUT2D eigenvalue weighted by Gasteiger charge is 2.24. The van der Waals surface area contributed by atoms with E-state index >= 15 is 0 Å². The van der Waals surface area contributed by atoms with E-state index in [0.717, 1.165) is 5.75 Å². The van der Waals surface area contributed by atoms with E-state index in [4.69, 9.17) is 5.11 Å². The standard InChI is InChI=1S/C12H16N4O3S/c1-20-8-9(5-7-17)13-11-12(16(18)19)15-6-3-2-4-10(15)14-11/h2-4,6,9,13,17H,5,7-8H2,1H3/t9-/m0/s1. The molecule has 0 radical (unpaired) electrons. The number of hydrogen-bond acceptors (Lipinski definition) is 6. The van der Waals surface area contributed by atoms with E-state index in [-0.39, 0.29) is 24.3 Å². The predicted molar refractivity (Wildman–Crippen MR) is 79.3 cm³/mol. The van der Waals surface area contributed by atoms with Crippen LogP contribution in [-0.2, 0) is 0 Å². The highest BCUT2D eigenvalue weighted by molar-refractivity contribution is 7.98. The topological polar surface area (TPSA) is 92.7 Å². The molecule has 2 aromatic heterocycles. The lowest BCUT2D eigenvalue weighted by molar-refractivity contribution is -0.389. The van der Waals surface area contributed by atoms with Gasteiger partial charge in [-0.25, -0.2) is 0 Å². The van der Waals surface area contributed by atoms with Gasteiger partial charge in [-0.1, -0.05) is 6.07 Å². The number of aliphatic hydroxyl groups excluding tert-OH is 1. The number of nitro groups is 1. The molecule has 108 valence electrons. The van der Waals surface area contributed by atoms with E-state index in [1.807, 2.05) is 6.26 Å². The molecule has 0 aliphatic rings. The number of anilines is 1. The average Bonchev–Trinajstić information content (AvgIpc) is 2.77. The summed E-state index contributed by atoms with van der Waals surface area (Å²) < 4.78 is 1.44. The minimum absolute atomic E-state index is 0.0272. The van der Waals surface area contributed by atoms with Gasteiger partial charge >= 0.3 is 5.82 Å². The van der Waals surface area contributed by atoms with Gasteiger partial charge in [-0.05, 0) is 23.7 Å². The molecular formula is C12H16N4O3S. The van der Waals surface area contributed by atoms with Gasteiger partial charge in [0.05, 0.1) is 6.20 Å². The molecule has 0 unspecified atom stereocenters. The number of thioether (sulfide) groups is 1. The van der Waals surface area contributed by atoms with Gasteiger partial charge in [0.25, 0.3) is 0 Å². The van der Waals surface area contributed by atoms with Crippen molar-refractivity contribution in [3.63, 3.8) is 0 Å². The zero-order valence-corrected chi connectivity index (χ0v) is 11.8. The molecular weight excluding hydrogens is 280 g/mol. The SMILES string of the molecule is CSC[C@H](CCO)Nc1nc2ccccn2c1[N+](=O)[O-]. The monoisotopic (exact) mass is 296 g/mol. The van der Waals surface area contributed by atoms with Crippen LogP contribution in [0.15, 0.2) is 24.4 Å². The highest BCUT2D eigenvalue weighted by Crippen LogP contribution is 2.26. The van der Waals surface area contributed by atoms with E-state index in [9.17, 15) is 10.1 Å². The zero-order valence-electron chi connectivity index (χ0n) is 11.0. The van der Waals surface area contributed by atoms with Crippen LogP contribution < -0.4 is 5.32 Å². The molecule has 0 aliphatic carbocycles. The van der Waals surface area contributed by atoms with Crippen molar-refractivity contribution in [3.05, 3.63) is 34.5 Å². The number of aromatic nitrogens is 2. The van der Waals surface area contributed by atoms with Crippen molar-refractivity contribution in [1.82, 2.24) is 9.38 Å². The summed E-state index contributed by atoms with van der Waals surface area (Å²) in [5.41, 5.74) is 0.522. The van der Waals surface area contributed by atoms with E-state index in [2.05, 4.69) is 10.3 Å². The molecule has 0 aliphatic heterocycles. The van der Waals surface area contributed by atoms with E-state index in [1.54, 1.807) is 36.2 Å². The lowest BCUT2D eigenvalue weighted by Crippen LogP contribution is -2.24. The third-order valence-corrected chi connectivity index (χ3v) is 3.60. The summed E-state index contributed by atoms with van der Waals surface area (Å²) in [6.45, 7) is 0.0272. The summed E-state index contributed by atoms with van der Waals surface area (Å²) in [7, 11) is 0. The predicted octanol–water partition coefficient (Wildman–Crippen LogP) is 1.77. The van der Waals surface area contributed by atoms with E-state index < -0.39 is 4.92 Å². The second kappa shape index (κ2) is 6.58. The number of pyridine rings is 1. The van der Waals surface area contributed by atoms with Gasteiger partial charge < -0.3 is 20.5 Å². The Bertz CT molecular complexity index is 595. The van der Waals surface area contributed by atoms with Gasteiger partial charge in [0, 0.05) is 24.5 Å². The summed E-state index contributed by atoms with van der Waals surface area (Å²) in [4.78, 5) is 15.1. The fourth-order valence-corrected chi connectivity index (χ4v) is 2.65. The van der Waals surface area contributed by atoms with Crippen LogP contribution in [-0.4, -0.2) is 44.1 Å². The summed E-state index contributed by atoms with van der Waals surface area (Å²) in [5, 5.41) is 23.4. The molecule has 0 bridgehead atoms. The Morgan fingerprint density at radius 1 is 1.60 bits per heavy atom. The lowest BCUT2D eigenvalue weighted by atomic mass is 10.2. The number of fused-ring (bicyclic) bond motifs is 1. The fraction of sp³-hybridized carbons (Fsp3) is 0.417. The first-order chi connectivity index (χ1) is 9.67. The highest BCUT2D eigenvalue weighted by atomic mass is 32.2. The van der Waals surface area contributed by atoms with Crippen molar-refractivity contribution in [2.75, 3.05) is 23.9 Å². The Morgan fingerprint density at radius 3 is 3.05 bits per heavy atom. The van der Waals surface area contributed by atoms with Gasteiger partial charge in [0.2, 0.25) is 11.5 Å². The molecule has 8 heteroatoms. The number of imidazole rings is 1. The largest absolute Gasteiger partial charge is 0.396 e. The first-order valence-corrected chi connectivity index (χ1v) is 7.54. The smallest absolute Gasteiger partial charge is 0.372 e. The van der Waals surface area contributed by atoms with Crippen molar-refractivity contribution in [1.29, 1.82) is 0 Å². The number of nitrogens with zero attached hydrogens (tertiary/aromatic N) is 3. The fourth-order valence-electron chi connectivity index (χ4n) is 2.00. The second-order valence-electron chi connectivity index (χ2n) is 4.28. The van der Waals surface area contributed by atoms with Crippen LogP contribution >= 0.6 is 11.8 Å². The van der Waals surface area contributed by atoms with Crippen molar-refractivity contribution >= 4 is 29.0 Å². The van der Waals surface area contributed by atoms with Gasteiger partial charge in [-0.2, -0.15) is 21.1 Å². The molecule has 2 heterocycles. The first-order valence-electron chi connectivity index (χ1n) is 6.15. The molecule has 0 saturated heterocycles. The van der Waals surface area contributed by atoms with Gasteiger partial charge in [-0.3, -0.25) is 0 Å². The molecule has 0 saturated carbocycles. The number of rotatable bonds is 7. The Hall–Kier alpha value is -1.80. The third kappa shape index (κ3) is 3.02. The summed E-state index contributed by atoms with van der Waals surface area (Å²) >= 11 is 1.61. The second-order valence-corrected chi connectivity index (χ2v) is 5.19. The summed E-state index contributed by atoms with van der Waals surface area (Å²) in [6, 6.07) is 5.16. The zero-order chi connectivity index (χ0) is 14.5. The molecule has 2 rings (SSSR count). The maximum Gasteiger partial charge on any atom is 0.372 e. The lowest BCUT2D eigenvalue weighted by Gasteiger charge is -2.15. The maximum atomic E-state index is 11.2. The molecule has 0 aromatic carbocycles. The Balaban J connectivity index is 2.37. The first kappa shape index (κ1) is 14.6. The molecule has 2 aromatic rings. The van der Waals surface area contributed by atoms with Crippen molar-refractivity contribution in [2.45, 2.75) is 12.5 Å². The van der Waals surface area contributed by atoms with Gasteiger partial charge in [0.1, 0.15) is 0 Å². The number of nitrogens with one attached hydrogen (secondary N) is 1. The van der Waals surface area contributed by atoms with E-state index in [1.165, 1.54) is 4.40 Å². The van der Waals surface area contributed by atoms with Gasteiger partial charge in [-0.15, -0.1) is 0 Å². The number of hydrogen-bond donors (Lipinski definition) is 2. The Labute approximate surface area is 120 Å². The molecule has 0 fully saturated rings. The normalized spacial score (nSPS) is 12.5. The molecule has 0 spiro atoms. The van der Waals surface area contributed by atoms with Crippen molar-refractivity contribution in [2.24, 2.45) is 0 Å². The average molecular weight is 296 g/mol. The van der Waals surface area contributed by atoms with Crippen LogP contribution in [0.25, 0.3) is 5.65 Å². The minimum Gasteiger partial charge on any atom is -0.396 e. The van der Waals surface area contributed by atoms with Crippen molar-refractivity contribution < 1.29 is 10.0 Å². The van der Waals surface area contributed by atoms with Crippen LogP contribution in [0.3, 0.4) is 0 Å². The quantitative estimate of drug-likeness (QED) is 0.597. The van der Waals surface area contributed by atoms with Crippen LogP contribution in [0.5, 0.6) is 0 Å². The molecule has 7 nitrogen and oxygen atoms in total. The molecule has 20 heavy (non-hydrogen) atoms. The minimum atomic E-state index is -0.447. The maximum absolute atomic E-state index is 11.2. The Morgan fingerprint density at radius 2 is 2.40 bits per heavy atom. The summed E-state index contributed by atoms with van der Waals surface area (Å²) in [6.07, 6.45) is 4.08. The van der Waals surface area contributed by atoms with Crippen molar-refractivity contribution in [3.8, 4) is 0 Å². The van der Waals surface area contributed by atoms with Crippen LogP contribution in [0.1, 0.15) is 6.42 Å².